The normalized spacial score (nSPS) is 28.8. The van der Waals surface area contributed by atoms with Gasteiger partial charge in [0.2, 0.25) is 17.7 Å². The largest absolute Gasteiger partial charge is 0.494 e. The van der Waals surface area contributed by atoms with E-state index in [4.69, 9.17) is 4.74 Å². The maximum atomic E-state index is 14.5. The third-order valence-corrected chi connectivity index (χ3v) is 11.0. The molecule has 3 heterocycles. The van der Waals surface area contributed by atoms with Crippen LogP contribution < -0.4 is 15.4 Å². The van der Waals surface area contributed by atoms with E-state index in [9.17, 15) is 19.5 Å². The lowest BCUT2D eigenvalue weighted by Crippen LogP contribution is -2.58. The van der Waals surface area contributed by atoms with E-state index in [1.165, 1.54) is 0 Å². The summed E-state index contributed by atoms with van der Waals surface area (Å²) in [6, 6.07) is 15.6. The number of rotatable bonds is 12. The summed E-state index contributed by atoms with van der Waals surface area (Å²) >= 11 is 1.65. The van der Waals surface area contributed by atoms with Crippen LogP contribution in [0, 0.1) is 17.8 Å². The first-order chi connectivity index (χ1) is 19.8. The van der Waals surface area contributed by atoms with E-state index in [2.05, 4.69) is 24.5 Å². The van der Waals surface area contributed by atoms with Crippen LogP contribution in [0.4, 0.5) is 5.69 Å². The highest BCUT2D eigenvalue weighted by Gasteiger charge is 2.76. The van der Waals surface area contributed by atoms with Gasteiger partial charge in [0.1, 0.15) is 11.8 Å². The smallest absolute Gasteiger partial charge is 0.244 e. The number of carbonyl (C=O) groups excluding carboxylic acids is 3. The van der Waals surface area contributed by atoms with Crippen LogP contribution in [0.25, 0.3) is 0 Å². The molecule has 220 valence electrons. The molecule has 41 heavy (non-hydrogen) atoms. The second-order valence-electron chi connectivity index (χ2n) is 11.4. The van der Waals surface area contributed by atoms with Crippen LogP contribution in [0.2, 0.25) is 0 Å². The third kappa shape index (κ3) is 5.34. The monoisotopic (exact) mass is 579 g/mol. The van der Waals surface area contributed by atoms with Crippen molar-refractivity contribution in [2.45, 2.75) is 68.5 Å². The summed E-state index contributed by atoms with van der Waals surface area (Å²) in [6.45, 7) is 6.90. The molecule has 0 aliphatic carbocycles. The quantitative estimate of drug-likeness (QED) is 0.330. The number of aliphatic hydroxyl groups is 1. The minimum absolute atomic E-state index is 0.0589. The predicted octanol–water partition coefficient (Wildman–Crippen LogP) is 3.88. The van der Waals surface area contributed by atoms with Crippen molar-refractivity contribution in [1.29, 1.82) is 0 Å². The molecule has 0 saturated carbocycles. The second-order valence-corrected chi connectivity index (χ2v) is 13.0. The molecule has 2 bridgehead atoms. The van der Waals surface area contributed by atoms with Gasteiger partial charge in [0, 0.05) is 17.5 Å². The van der Waals surface area contributed by atoms with Gasteiger partial charge >= 0.3 is 0 Å². The van der Waals surface area contributed by atoms with Crippen molar-refractivity contribution in [2.75, 3.05) is 25.1 Å². The van der Waals surface area contributed by atoms with Crippen molar-refractivity contribution in [3.8, 4) is 5.75 Å². The van der Waals surface area contributed by atoms with Crippen LogP contribution in [0.15, 0.2) is 54.6 Å². The average molecular weight is 580 g/mol. The molecular weight excluding hydrogens is 538 g/mol. The van der Waals surface area contributed by atoms with Crippen LogP contribution in [0.3, 0.4) is 0 Å². The van der Waals surface area contributed by atoms with E-state index in [1.54, 1.807) is 28.8 Å². The molecular formula is C32H41N3O5S. The molecule has 3 aliphatic heterocycles. The number of anilines is 1. The van der Waals surface area contributed by atoms with E-state index in [-0.39, 0.29) is 35.5 Å². The summed E-state index contributed by atoms with van der Waals surface area (Å²) in [5, 5.41) is 16.7. The molecule has 3 N–H and O–H groups in total. The van der Waals surface area contributed by atoms with Crippen LogP contribution in [-0.2, 0) is 20.8 Å². The Balaban J connectivity index is 1.48. The predicted molar refractivity (Wildman–Crippen MR) is 161 cm³/mol. The van der Waals surface area contributed by atoms with Gasteiger partial charge in [-0.3, -0.25) is 14.4 Å². The lowest BCUT2D eigenvalue weighted by atomic mass is 9.66. The highest BCUT2D eigenvalue weighted by atomic mass is 32.2. The number of hydrogen-bond acceptors (Lipinski definition) is 6. The molecule has 3 fully saturated rings. The number of nitrogens with zero attached hydrogens (tertiary/aromatic N) is 1. The SMILES string of the molecule is CCCCNC(=O)C1N([C@@H](CO)Cc2ccccc2)C(=O)[C@@H]2[C@H](C(=O)Nc3ccc(OCC)cc3)[C@@H]3CC(C)C12S3. The molecule has 3 amide bonds. The Kier molecular flexibility index (Phi) is 8.94. The first-order valence-corrected chi connectivity index (χ1v) is 15.7. The fraction of sp³-hybridized carbons (Fsp3) is 0.531. The average Bonchev–Trinajstić information content (AvgIpc) is 3.57. The maximum absolute atomic E-state index is 14.5. The number of aliphatic hydroxyl groups excluding tert-OH is 1. The second kappa shape index (κ2) is 12.4. The number of unbranched alkanes of at least 4 members (excludes halogenated alkanes) is 1. The zero-order valence-corrected chi connectivity index (χ0v) is 24.9. The summed E-state index contributed by atoms with van der Waals surface area (Å²) in [5.41, 5.74) is 1.62. The summed E-state index contributed by atoms with van der Waals surface area (Å²) in [6.07, 6.45) is 2.96. The number of carbonyl (C=O) groups is 3. The fourth-order valence-corrected chi connectivity index (χ4v) is 9.51. The number of likely N-dealkylation sites (tertiary alicyclic amines) is 1. The van der Waals surface area contributed by atoms with Gasteiger partial charge in [-0.2, -0.15) is 0 Å². The number of fused-ring (bicyclic) bond motifs is 1. The van der Waals surface area contributed by atoms with Crippen molar-refractivity contribution in [3.63, 3.8) is 0 Å². The van der Waals surface area contributed by atoms with Crippen LogP contribution >= 0.6 is 11.8 Å². The van der Waals surface area contributed by atoms with Crippen LogP contribution in [0.1, 0.15) is 45.6 Å². The standard InChI is InChI=1S/C32H41N3O5S/c1-4-6-16-33-30(38)28-32-20(3)17-25(41-32)26(29(37)34-22-12-14-24(15-13-22)40-5-2)27(32)31(39)35(28)23(19-36)18-21-10-8-7-9-11-21/h7-15,20,23,25-28,36H,4-6,16-19H2,1-3H3,(H,33,38)(H,34,37)/t20?,23-,25+,26-,27+,28?,32?/m1/s1. The van der Waals surface area contributed by atoms with Gasteiger partial charge in [0.15, 0.2) is 0 Å². The van der Waals surface area contributed by atoms with Crippen LogP contribution in [0.5, 0.6) is 5.75 Å². The molecule has 7 atom stereocenters. The van der Waals surface area contributed by atoms with Gasteiger partial charge in [-0.15, -0.1) is 11.8 Å². The summed E-state index contributed by atoms with van der Waals surface area (Å²) in [7, 11) is 0. The van der Waals surface area contributed by atoms with Crippen molar-refractivity contribution in [1.82, 2.24) is 10.2 Å². The molecule has 5 rings (SSSR count). The molecule has 2 aromatic carbocycles. The zero-order valence-electron chi connectivity index (χ0n) is 24.0. The summed E-state index contributed by atoms with van der Waals surface area (Å²) < 4.78 is 4.79. The van der Waals surface area contributed by atoms with Crippen molar-refractivity contribution >= 4 is 35.2 Å². The Hall–Kier alpha value is -3.04. The van der Waals surface area contributed by atoms with E-state index < -0.39 is 28.7 Å². The van der Waals surface area contributed by atoms with Gasteiger partial charge < -0.3 is 25.4 Å². The van der Waals surface area contributed by atoms with Gasteiger partial charge in [-0.05, 0) is 61.9 Å². The number of amides is 3. The van der Waals surface area contributed by atoms with Gasteiger partial charge in [-0.1, -0.05) is 50.6 Å². The summed E-state index contributed by atoms with van der Waals surface area (Å²) in [5.74, 6) is -1.02. The molecule has 3 unspecified atom stereocenters. The molecule has 1 spiro atoms. The number of thioether (sulfide) groups is 1. The highest BCUT2D eigenvalue weighted by molar-refractivity contribution is 8.02. The minimum Gasteiger partial charge on any atom is -0.494 e. The molecule has 3 aliphatic rings. The number of hydrogen-bond donors (Lipinski definition) is 3. The Morgan fingerprint density at radius 2 is 1.85 bits per heavy atom. The molecule has 3 saturated heterocycles. The van der Waals surface area contributed by atoms with Crippen molar-refractivity contribution in [2.24, 2.45) is 17.8 Å². The maximum Gasteiger partial charge on any atom is 0.244 e. The lowest BCUT2D eigenvalue weighted by molar-refractivity contribution is -0.142. The summed E-state index contributed by atoms with van der Waals surface area (Å²) in [4.78, 5) is 43.9. The number of benzene rings is 2. The Labute approximate surface area is 246 Å². The fourth-order valence-electron chi connectivity index (χ4n) is 7.10. The zero-order chi connectivity index (χ0) is 29.1. The number of nitrogens with one attached hydrogen (secondary N) is 2. The molecule has 9 heteroatoms. The Morgan fingerprint density at radius 3 is 2.51 bits per heavy atom. The van der Waals surface area contributed by atoms with Crippen molar-refractivity contribution < 1.29 is 24.2 Å². The lowest BCUT2D eigenvalue weighted by Gasteiger charge is -2.40. The van der Waals surface area contributed by atoms with Gasteiger partial charge in [-0.25, -0.2) is 0 Å². The van der Waals surface area contributed by atoms with Crippen molar-refractivity contribution in [3.05, 3.63) is 60.2 Å². The van der Waals surface area contributed by atoms with E-state index in [1.807, 2.05) is 49.4 Å². The van der Waals surface area contributed by atoms with Crippen LogP contribution in [-0.4, -0.2) is 69.6 Å². The molecule has 8 nitrogen and oxygen atoms in total. The molecule has 0 aromatic heterocycles. The Morgan fingerprint density at radius 1 is 1.12 bits per heavy atom. The van der Waals surface area contributed by atoms with E-state index >= 15 is 0 Å². The Bertz CT molecular complexity index is 1240. The topological polar surface area (TPSA) is 108 Å². The van der Waals surface area contributed by atoms with E-state index in [0.29, 0.717) is 25.3 Å². The first kappa shape index (κ1) is 29.5. The molecule has 2 aromatic rings. The van der Waals surface area contributed by atoms with Gasteiger partial charge in [0.05, 0.1) is 35.8 Å². The molecule has 0 radical (unpaired) electrons. The first-order valence-electron chi connectivity index (χ1n) is 14.8. The third-order valence-electron chi connectivity index (χ3n) is 8.92. The minimum atomic E-state index is -0.758. The van der Waals surface area contributed by atoms with E-state index in [0.717, 1.165) is 30.6 Å². The van der Waals surface area contributed by atoms with Gasteiger partial charge in [0.25, 0.3) is 0 Å². The highest BCUT2D eigenvalue weighted by Crippen LogP contribution is 2.68. The number of ether oxygens (including phenoxy) is 1.